The third-order valence-corrected chi connectivity index (χ3v) is 5.70. The van der Waals surface area contributed by atoms with E-state index >= 15 is 0 Å². The van der Waals surface area contributed by atoms with E-state index in [1.807, 2.05) is 48.5 Å². The molecule has 4 aromatic rings. The lowest BCUT2D eigenvalue weighted by molar-refractivity contribution is 0.100. The van der Waals surface area contributed by atoms with Gasteiger partial charge in [0.1, 0.15) is 19.5 Å². The summed E-state index contributed by atoms with van der Waals surface area (Å²) >= 11 is 0. The predicted molar refractivity (Wildman–Crippen MR) is 176 cm³/mol. The van der Waals surface area contributed by atoms with Crippen molar-refractivity contribution in [1.82, 2.24) is 5.32 Å². The molecule has 0 aromatic heterocycles. The van der Waals surface area contributed by atoms with Crippen LogP contribution in [0.5, 0.6) is 11.5 Å². The van der Waals surface area contributed by atoms with E-state index in [4.69, 9.17) is 15.2 Å². The fourth-order valence-electron chi connectivity index (χ4n) is 3.44. The maximum atomic E-state index is 13.7. The Morgan fingerprint density at radius 2 is 1.20 bits per heavy atom. The maximum absolute atomic E-state index is 13.7. The van der Waals surface area contributed by atoms with Crippen LogP contribution in [0, 0.1) is 11.6 Å². The molecule has 0 saturated heterocycles. The van der Waals surface area contributed by atoms with Crippen LogP contribution in [0.25, 0.3) is 0 Å². The van der Waals surface area contributed by atoms with Crippen molar-refractivity contribution in [3.05, 3.63) is 131 Å². The number of ketones is 2. The van der Waals surface area contributed by atoms with Gasteiger partial charge < -0.3 is 20.5 Å². The number of Topliss-reactive ketones (excluding diaryl/α,β-unsaturated/α-hetero) is 2. The fraction of sp³-hybridized carbons (Fsp3) is 0.250. The van der Waals surface area contributed by atoms with Gasteiger partial charge in [0, 0.05) is 36.3 Å². The lowest BCUT2D eigenvalue weighted by Crippen LogP contribution is -2.20. The molecule has 3 N–H and O–H groups in total. The van der Waals surface area contributed by atoms with Crippen molar-refractivity contribution >= 4 is 17.9 Å². The Balaban J connectivity index is 0.000000697. The van der Waals surface area contributed by atoms with Gasteiger partial charge in [-0.1, -0.05) is 75.5 Å². The van der Waals surface area contributed by atoms with Crippen molar-refractivity contribution in [2.24, 2.45) is 5.73 Å². The molecular formula is C36H44F2N2O5. The number of ether oxygens (including phenoxy) is 2. The number of aldehydes is 1. The van der Waals surface area contributed by atoms with Crippen LogP contribution in [0.15, 0.2) is 97.1 Å². The monoisotopic (exact) mass is 622 g/mol. The summed E-state index contributed by atoms with van der Waals surface area (Å²) in [7, 11) is 0. The molecule has 9 heteroatoms. The highest BCUT2D eigenvalue weighted by molar-refractivity contribution is 5.94. The Hall–Kier alpha value is -4.73. The molecule has 0 fully saturated rings. The summed E-state index contributed by atoms with van der Waals surface area (Å²) in [5.41, 5.74) is 7.81. The van der Waals surface area contributed by atoms with Gasteiger partial charge in [0.15, 0.2) is 34.7 Å². The molecule has 4 aromatic carbocycles. The average molecular weight is 623 g/mol. The van der Waals surface area contributed by atoms with E-state index in [0.29, 0.717) is 30.8 Å². The highest BCUT2D eigenvalue weighted by Crippen LogP contribution is 2.19. The van der Waals surface area contributed by atoms with E-state index < -0.39 is 11.6 Å². The molecule has 0 radical (unpaired) electrons. The Kier molecular flexibility index (Phi) is 20.4. The second-order valence-electron chi connectivity index (χ2n) is 9.08. The zero-order valence-electron chi connectivity index (χ0n) is 24.2. The predicted octanol–water partition coefficient (Wildman–Crippen LogP) is 7.33. The molecule has 0 bridgehead atoms. The third-order valence-electron chi connectivity index (χ3n) is 5.70. The van der Waals surface area contributed by atoms with Crippen LogP contribution in [0.4, 0.5) is 8.78 Å². The quantitative estimate of drug-likeness (QED) is 0.0967. The Bertz CT molecular complexity index is 1430. The van der Waals surface area contributed by atoms with Crippen molar-refractivity contribution in [2.45, 2.75) is 35.2 Å². The highest BCUT2D eigenvalue weighted by atomic mass is 19.1. The number of nitrogens with one attached hydrogen (secondary N) is 1. The second kappa shape index (κ2) is 22.8. The minimum atomic E-state index is -0.536. The topological polar surface area (TPSA) is 108 Å². The molecule has 0 aliphatic rings. The Morgan fingerprint density at radius 3 is 1.60 bits per heavy atom. The van der Waals surface area contributed by atoms with Crippen LogP contribution < -0.4 is 20.5 Å². The zero-order valence-corrected chi connectivity index (χ0v) is 24.2. The lowest BCUT2D eigenvalue weighted by Gasteiger charge is -2.09. The molecule has 0 atom stereocenters. The number of rotatable bonds is 12. The van der Waals surface area contributed by atoms with Gasteiger partial charge in [0.2, 0.25) is 0 Å². The Morgan fingerprint density at radius 1 is 0.733 bits per heavy atom. The van der Waals surface area contributed by atoms with Crippen molar-refractivity contribution in [1.29, 1.82) is 0 Å². The first-order chi connectivity index (χ1) is 20.7. The molecule has 0 aliphatic heterocycles. The van der Waals surface area contributed by atoms with Crippen molar-refractivity contribution < 1.29 is 32.6 Å². The van der Waals surface area contributed by atoms with Crippen LogP contribution in [-0.4, -0.2) is 44.2 Å². The van der Waals surface area contributed by atoms with Crippen LogP contribution in [0.3, 0.4) is 0 Å². The number of nitrogens with two attached hydrogens (primary N) is 1. The molecule has 0 aliphatic carbocycles. The molecule has 0 unspecified atom stereocenters. The van der Waals surface area contributed by atoms with E-state index in [9.17, 15) is 23.2 Å². The van der Waals surface area contributed by atoms with Gasteiger partial charge in [0.05, 0.1) is 0 Å². The maximum Gasteiger partial charge on any atom is 0.165 e. The number of benzene rings is 4. The summed E-state index contributed by atoms with van der Waals surface area (Å²) in [5, 5.41) is 3.22. The molecule has 242 valence electrons. The van der Waals surface area contributed by atoms with Crippen LogP contribution >= 0.6 is 0 Å². The molecular weight excluding hydrogens is 578 g/mol. The second-order valence-corrected chi connectivity index (χ2v) is 9.08. The summed E-state index contributed by atoms with van der Waals surface area (Å²) in [6.45, 7) is 5.10. The number of carbonyl (C=O) groups excluding carboxylic acids is 3. The third kappa shape index (κ3) is 15.5. The minimum Gasteiger partial charge on any atom is -0.489 e. The highest BCUT2D eigenvalue weighted by Gasteiger charge is 2.08. The first-order valence-corrected chi connectivity index (χ1v) is 13.6. The fourth-order valence-corrected chi connectivity index (χ4v) is 3.44. The van der Waals surface area contributed by atoms with E-state index in [-0.39, 0.29) is 44.5 Å². The molecule has 7 nitrogen and oxygen atoms in total. The van der Waals surface area contributed by atoms with Gasteiger partial charge in [-0.2, -0.15) is 0 Å². The first kappa shape index (κ1) is 40.3. The van der Waals surface area contributed by atoms with Gasteiger partial charge in [-0.05, 0) is 55.8 Å². The molecule has 0 amide bonds. The standard InChI is InChI=1S/C17H18FNO2.C10H12FNO2.C7H6O.2CH4/c1-13(20)15-7-8-17(16(18)11-15)21-10-9-19-12-14-5-3-2-4-6-14;1-7(13)8-2-3-10(9(11)6-8)14-5-4-12;8-6-7-4-2-1-3-5-7;;/h2-8,11,19H,9-10,12H2,1H3;2-3,6H,4-5,12H2,1H3;1-6H;2*1H4. The number of halogens is 2. The van der Waals surface area contributed by atoms with Gasteiger partial charge in [0.25, 0.3) is 0 Å². The Labute approximate surface area is 265 Å². The lowest BCUT2D eigenvalue weighted by atomic mass is 10.1. The average Bonchev–Trinajstić information content (AvgIpc) is 3.02. The van der Waals surface area contributed by atoms with Crippen LogP contribution in [0.2, 0.25) is 0 Å². The number of hydrogen-bond donors (Lipinski definition) is 2. The molecule has 45 heavy (non-hydrogen) atoms. The smallest absolute Gasteiger partial charge is 0.165 e. The van der Waals surface area contributed by atoms with E-state index in [2.05, 4.69) is 5.32 Å². The summed E-state index contributed by atoms with van der Waals surface area (Å²) in [4.78, 5) is 32.0. The largest absolute Gasteiger partial charge is 0.489 e. The van der Waals surface area contributed by atoms with E-state index in [1.165, 1.54) is 43.7 Å². The molecule has 0 saturated carbocycles. The van der Waals surface area contributed by atoms with Crippen molar-refractivity contribution in [3.63, 3.8) is 0 Å². The number of carbonyl (C=O) groups is 3. The van der Waals surface area contributed by atoms with E-state index in [1.54, 1.807) is 18.2 Å². The summed E-state index contributed by atoms with van der Waals surface area (Å²) in [6, 6.07) is 27.5. The normalized spacial score (nSPS) is 9.44. The molecule has 0 heterocycles. The van der Waals surface area contributed by atoms with Crippen molar-refractivity contribution in [2.75, 3.05) is 26.3 Å². The number of hydrogen-bond acceptors (Lipinski definition) is 7. The van der Waals surface area contributed by atoms with Gasteiger partial charge in [-0.3, -0.25) is 14.4 Å². The molecule has 4 rings (SSSR count). The van der Waals surface area contributed by atoms with Crippen LogP contribution in [-0.2, 0) is 6.54 Å². The minimum absolute atomic E-state index is 0. The van der Waals surface area contributed by atoms with Crippen LogP contribution in [0.1, 0.15) is 65.3 Å². The SMILES string of the molecule is C.C.CC(=O)c1ccc(OCCN)c(F)c1.CC(=O)c1ccc(OCCNCc2ccccc2)c(F)c1.O=Cc1ccccc1. The molecule has 0 spiro atoms. The first-order valence-electron chi connectivity index (χ1n) is 13.6. The summed E-state index contributed by atoms with van der Waals surface area (Å²) in [5.74, 6) is -1.09. The van der Waals surface area contributed by atoms with E-state index in [0.717, 1.165) is 24.5 Å². The summed E-state index contributed by atoms with van der Waals surface area (Å²) < 4.78 is 37.3. The summed E-state index contributed by atoms with van der Waals surface area (Å²) in [6.07, 6.45) is 0.833. The van der Waals surface area contributed by atoms with Gasteiger partial charge in [-0.15, -0.1) is 0 Å². The van der Waals surface area contributed by atoms with Gasteiger partial charge in [-0.25, -0.2) is 8.78 Å². The zero-order chi connectivity index (χ0) is 31.5. The van der Waals surface area contributed by atoms with Crippen molar-refractivity contribution in [3.8, 4) is 11.5 Å². The van der Waals surface area contributed by atoms with Gasteiger partial charge >= 0.3 is 0 Å².